The van der Waals surface area contributed by atoms with E-state index in [2.05, 4.69) is 38.7 Å². The van der Waals surface area contributed by atoms with Gasteiger partial charge in [0.05, 0.1) is 64.1 Å². The lowest BCUT2D eigenvalue weighted by Gasteiger charge is -2.49. The fourth-order valence-corrected chi connectivity index (χ4v) is 10.8. The summed E-state index contributed by atoms with van der Waals surface area (Å²) < 4.78 is 29.4. The monoisotopic (exact) mass is 615 g/mol. The molecule has 0 aromatic rings. The minimum Gasteiger partial charge on any atom is -0.389 e. The van der Waals surface area contributed by atoms with Crippen LogP contribution < -0.4 is 0 Å². The Labute approximate surface area is 267 Å². The third kappa shape index (κ3) is 6.50. The number of allylic oxidation sites excluding steroid dienone is 2. The molecule has 0 aromatic heterocycles. The molecular formula is C37H61NO6. The fraction of sp³-hybridized carbons (Fsp3) is 0.892. The molecule has 2 heterocycles. The number of rotatable bonds is 12. The van der Waals surface area contributed by atoms with Gasteiger partial charge in [-0.05, 0) is 93.8 Å². The molecule has 4 aliphatic carbocycles. The predicted octanol–water partition coefficient (Wildman–Crippen LogP) is 5.80. The first kappa shape index (κ1) is 33.1. The van der Waals surface area contributed by atoms with Gasteiger partial charge in [0.15, 0.2) is 0 Å². The zero-order valence-electron chi connectivity index (χ0n) is 28.4. The lowest BCUT2D eigenvalue weighted by Crippen LogP contribution is -2.52. The number of hydrogen-bond donors (Lipinski definition) is 1. The van der Waals surface area contributed by atoms with Gasteiger partial charge in [0.25, 0.3) is 0 Å². The molecule has 1 unspecified atom stereocenters. The largest absolute Gasteiger partial charge is 0.389 e. The van der Waals surface area contributed by atoms with Gasteiger partial charge in [-0.15, -0.1) is 0 Å². The Morgan fingerprint density at radius 1 is 0.977 bits per heavy atom. The lowest BCUT2D eigenvalue weighted by molar-refractivity contribution is -0.0807. The second-order valence-electron chi connectivity index (χ2n) is 15.5. The van der Waals surface area contributed by atoms with E-state index in [1.54, 1.807) is 23.8 Å². The van der Waals surface area contributed by atoms with Crippen LogP contribution in [0.4, 0.5) is 0 Å². The molecule has 2 saturated heterocycles. The van der Waals surface area contributed by atoms with Crippen LogP contribution in [-0.4, -0.2) is 100 Å². The molecule has 0 amide bonds. The molecule has 1 spiro atoms. The van der Waals surface area contributed by atoms with Crippen LogP contribution in [0.1, 0.15) is 85.5 Å². The summed E-state index contributed by atoms with van der Waals surface area (Å²) in [5.41, 5.74) is 5.25. The van der Waals surface area contributed by atoms with Crippen LogP contribution in [0.2, 0.25) is 0 Å². The first-order valence-electron chi connectivity index (χ1n) is 18.0. The summed E-state index contributed by atoms with van der Waals surface area (Å²) in [6, 6.07) is 0.480. The van der Waals surface area contributed by atoms with Crippen molar-refractivity contribution in [3.05, 3.63) is 22.8 Å². The number of nitrogens with zero attached hydrogens (tertiary/aromatic N) is 1. The summed E-state index contributed by atoms with van der Waals surface area (Å²) in [6.07, 6.45) is 12.9. The molecule has 6 rings (SSSR count). The number of hydrogen-bond acceptors (Lipinski definition) is 7. The van der Waals surface area contributed by atoms with Crippen LogP contribution in [0.15, 0.2) is 22.8 Å². The molecule has 0 bridgehead atoms. The van der Waals surface area contributed by atoms with Crippen molar-refractivity contribution in [3.8, 4) is 0 Å². The molecule has 0 radical (unpaired) electrons. The third-order valence-electron chi connectivity index (χ3n) is 13.0. The second-order valence-corrected chi connectivity index (χ2v) is 15.5. The maximum absolute atomic E-state index is 10.4. The smallest absolute Gasteiger partial charge is 0.0765 e. The van der Waals surface area contributed by atoms with Crippen molar-refractivity contribution < 1.29 is 28.8 Å². The fourth-order valence-electron chi connectivity index (χ4n) is 10.8. The van der Waals surface area contributed by atoms with E-state index < -0.39 is 0 Å². The van der Waals surface area contributed by atoms with E-state index in [0.717, 1.165) is 56.7 Å². The number of aliphatic hydroxyl groups excluding tert-OH is 1. The first-order chi connectivity index (χ1) is 21.3. The lowest BCUT2D eigenvalue weighted by atomic mass is 9.56. The van der Waals surface area contributed by atoms with E-state index in [1.165, 1.54) is 38.5 Å². The molecule has 44 heavy (non-hydrogen) atoms. The van der Waals surface area contributed by atoms with E-state index in [9.17, 15) is 5.11 Å². The van der Waals surface area contributed by atoms with Crippen molar-refractivity contribution in [2.45, 2.75) is 109 Å². The summed E-state index contributed by atoms with van der Waals surface area (Å²) >= 11 is 0. The van der Waals surface area contributed by atoms with Crippen molar-refractivity contribution in [1.82, 2.24) is 4.90 Å². The Balaban J connectivity index is 1.05. The Morgan fingerprint density at radius 3 is 2.45 bits per heavy atom. The van der Waals surface area contributed by atoms with Crippen molar-refractivity contribution in [2.75, 3.05) is 66.4 Å². The normalized spacial score (nSPS) is 42.1. The van der Waals surface area contributed by atoms with E-state index >= 15 is 0 Å². The average Bonchev–Trinajstić information content (AvgIpc) is 3.46. The van der Waals surface area contributed by atoms with Gasteiger partial charge in [0, 0.05) is 32.2 Å². The molecule has 2 aliphatic heterocycles. The molecule has 4 fully saturated rings. The summed E-state index contributed by atoms with van der Waals surface area (Å²) in [5.74, 6) is 3.44. The number of methoxy groups -OCH3 is 1. The Morgan fingerprint density at radius 2 is 1.70 bits per heavy atom. The van der Waals surface area contributed by atoms with Gasteiger partial charge >= 0.3 is 0 Å². The molecule has 6 aliphatic rings. The minimum atomic E-state index is -0.225. The summed E-state index contributed by atoms with van der Waals surface area (Å²) in [6.45, 7) is 16.4. The van der Waals surface area contributed by atoms with Crippen LogP contribution in [0.3, 0.4) is 0 Å². The van der Waals surface area contributed by atoms with E-state index in [-0.39, 0.29) is 17.1 Å². The molecule has 10 atom stereocenters. The molecule has 1 N–H and O–H groups in total. The van der Waals surface area contributed by atoms with Crippen LogP contribution in [0.5, 0.6) is 0 Å². The van der Waals surface area contributed by atoms with Gasteiger partial charge in [-0.3, -0.25) is 4.90 Å². The summed E-state index contributed by atoms with van der Waals surface area (Å²) in [4.78, 5) is 2.71. The molecule has 7 heteroatoms. The summed E-state index contributed by atoms with van der Waals surface area (Å²) in [7, 11) is 1.68. The van der Waals surface area contributed by atoms with Crippen LogP contribution >= 0.6 is 0 Å². The number of ether oxygens (including phenoxy) is 5. The number of aliphatic hydroxyl groups is 1. The molecule has 7 nitrogen and oxygen atoms in total. The van der Waals surface area contributed by atoms with E-state index in [0.29, 0.717) is 63.6 Å². The SMILES string of the molecule is COCCOCCOCCOCCN1C[C@@H](C)C[C@H]2O[C@]3(CC[C@@H]4C(=C(C)C3)C[C@H]3[C@H]4CCC4=C[C@@H](O)CCC43C)[C@H](C)[C@@H]21. The second kappa shape index (κ2) is 14.1. The topological polar surface area (TPSA) is 69.6 Å². The maximum Gasteiger partial charge on any atom is 0.0765 e. The zero-order valence-corrected chi connectivity index (χ0v) is 28.4. The Hall–Kier alpha value is -0.800. The molecular weight excluding hydrogens is 554 g/mol. The predicted molar refractivity (Wildman–Crippen MR) is 173 cm³/mol. The highest BCUT2D eigenvalue weighted by Gasteiger charge is 2.59. The molecule has 250 valence electrons. The van der Waals surface area contributed by atoms with Crippen molar-refractivity contribution >= 4 is 0 Å². The highest BCUT2D eigenvalue weighted by molar-refractivity contribution is 5.33. The third-order valence-corrected chi connectivity index (χ3v) is 13.0. The standard InChI is InChI=1S/C37H61NO6/c1-25-20-34-35(38(24-25)12-13-41-16-17-43-19-18-42-15-14-40-5)27(3)37(44-34)11-9-30-31-7-6-28-21-29(39)8-10-36(28,4)33(31)22-32(30)26(2)23-37/h21,25,27,29-31,33-35,39H,6-20,22-24H2,1-5H3/t25-,27+,29-,30-,31-,33-,34+,35-,36?,37-/m0/s1. The van der Waals surface area contributed by atoms with Gasteiger partial charge in [-0.1, -0.05) is 43.6 Å². The van der Waals surface area contributed by atoms with Crippen LogP contribution in [-0.2, 0) is 23.7 Å². The van der Waals surface area contributed by atoms with Crippen LogP contribution in [0, 0.1) is 35.0 Å². The van der Waals surface area contributed by atoms with Crippen molar-refractivity contribution in [1.29, 1.82) is 0 Å². The van der Waals surface area contributed by atoms with Gasteiger partial charge < -0.3 is 28.8 Å². The molecule has 2 saturated carbocycles. The van der Waals surface area contributed by atoms with Gasteiger partial charge in [-0.2, -0.15) is 0 Å². The van der Waals surface area contributed by atoms with Gasteiger partial charge in [0.1, 0.15) is 0 Å². The highest BCUT2D eigenvalue weighted by Crippen LogP contribution is 2.64. The number of likely N-dealkylation sites (tertiary alicyclic amines) is 1. The van der Waals surface area contributed by atoms with Crippen molar-refractivity contribution in [3.63, 3.8) is 0 Å². The Kier molecular flexibility index (Phi) is 10.6. The van der Waals surface area contributed by atoms with E-state index in [1.807, 2.05) is 0 Å². The summed E-state index contributed by atoms with van der Waals surface area (Å²) in [5, 5.41) is 10.4. The van der Waals surface area contributed by atoms with Crippen LogP contribution in [0.25, 0.3) is 0 Å². The van der Waals surface area contributed by atoms with Crippen molar-refractivity contribution in [2.24, 2.45) is 35.0 Å². The quantitative estimate of drug-likeness (QED) is 0.220. The van der Waals surface area contributed by atoms with E-state index in [4.69, 9.17) is 23.7 Å². The number of fused-ring (bicyclic) bond motifs is 6. The Bertz CT molecular complexity index is 1050. The van der Waals surface area contributed by atoms with Gasteiger partial charge in [-0.25, -0.2) is 0 Å². The van der Waals surface area contributed by atoms with Gasteiger partial charge in [0.2, 0.25) is 0 Å². The minimum absolute atomic E-state index is 0.0346. The zero-order chi connectivity index (χ0) is 30.9. The number of piperidine rings is 1. The highest BCUT2D eigenvalue weighted by atomic mass is 16.6. The average molecular weight is 616 g/mol. The maximum atomic E-state index is 10.4. The molecule has 0 aromatic carbocycles. The first-order valence-corrected chi connectivity index (χ1v) is 18.0.